The summed E-state index contributed by atoms with van der Waals surface area (Å²) >= 11 is 1.53. The minimum Gasteiger partial charge on any atom is -0.379 e. The van der Waals surface area contributed by atoms with Gasteiger partial charge in [-0.05, 0) is 24.3 Å². The van der Waals surface area contributed by atoms with E-state index in [4.69, 9.17) is 4.74 Å². The van der Waals surface area contributed by atoms with Gasteiger partial charge in [0, 0.05) is 35.4 Å². The van der Waals surface area contributed by atoms with E-state index in [2.05, 4.69) is 20.5 Å². The van der Waals surface area contributed by atoms with E-state index >= 15 is 0 Å². The first-order valence-corrected chi connectivity index (χ1v) is 11.0. The molecule has 0 atom stereocenters. The van der Waals surface area contributed by atoms with Gasteiger partial charge in [0.25, 0.3) is 0 Å². The summed E-state index contributed by atoms with van der Waals surface area (Å²) in [6.07, 6.45) is 0.210. The molecule has 0 bridgehead atoms. The summed E-state index contributed by atoms with van der Waals surface area (Å²) in [4.78, 5) is 31.2. The molecule has 8 heteroatoms. The van der Waals surface area contributed by atoms with Crippen LogP contribution in [0.3, 0.4) is 0 Å². The van der Waals surface area contributed by atoms with Gasteiger partial charge in [-0.15, -0.1) is 11.3 Å². The van der Waals surface area contributed by atoms with Crippen molar-refractivity contribution in [3.8, 4) is 10.6 Å². The Balaban J connectivity index is 1.26. The second kappa shape index (κ2) is 10.3. The normalized spacial score (nSPS) is 14.2. The topological polar surface area (TPSA) is 83.6 Å². The number of anilines is 2. The molecule has 2 heterocycles. The predicted molar refractivity (Wildman–Crippen MR) is 122 cm³/mol. The second-order valence-corrected chi connectivity index (χ2v) is 8.11. The monoisotopic (exact) mass is 436 g/mol. The Bertz CT molecular complexity index is 1010. The zero-order chi connectivity index (χ0) is 21.5. The van der Waals surface area contributed by atoms with Crippen LogP contribution in [-0.2, 0) is 20.7 Å². The van der Waals surface area contributed by atoms with Crippen LogP contribution in [-0.4, -0.2) is 54.5 Å². The Kier molecular flexibility index (Phi) is 7.03. The summed E-state index contributed by atoms with van der Waals surface area (Å²) < 4.78 is 5.29. The van der Waals surface area contributed by atoms with E-state index in [-0.39, 0.29) is 18.2 Å². The van der Waals surface area contributed by atoms with Gasteiger partial charge in [-0.25, -0.2) is 4.98 Å². The second-order valence-electron chi connectivity index (χ2n) is 7.25. The molecule has 2 aromatic carbocycles. The van der Waals surface area contributed by atoms with Crippen molar-refractivity contribution >= 4 is 34.5 Å². The van der Waals surface area contributed by atoms with Gasteiger partial charge in [0.05, 0.1) is 31.9 Å². The molecule has 4 rings (SSSR count). The lowest BCUT2D eigenvalue weighted by atomic mass is 10.2. The van der Waals surface area contributed by atoms with Gasteiger partial charge in [-0.1, -0.05) is 30.3 Å². The SMILES string of the molecule is O=C(Cc1csc(-c2ccccc2)n1)Nc1ccc(NC(=O)CN2CCOCC2)cc1. The molecule has 0 saturated carbocycles. The van der Waals surface area contributed by atoms with Crippen LogP contribution in [0.2, 0.25) is 0 Å². The number of nitrogens with one attached hydrogen (secondary N) is 2. The number of amides is 2. The molecule has 0 aliphatic carbocycles. The van der Waals surface area contributed by atoms with Crippen molar-refractivity contribution in [2.45, 2.75) is 6.42 Å². The maximum atomic E-state index is 12.4. The first kappa shape index (κ1) is 21.2. The average Bonchev–Trinajstić information content (AvgIpc) is 3.25. The number of hydrogen-bond acceptors (Lipinski definition) is 6. The van der Waals surface area contributed by atoms with Crippen LogP contribution < -0.4 is 10.6 Å². The Morgan fingerprint density at radius 2 is 1.58 bits per heavy atom. The summed E-state index contributed by atoms with van der Waals surface area (Å²) in [5, 5.41) is 8.58. The number of benzene rings is 2. The summed E-state index contributed by atoms with van der Waals surface area (Å²) in [5.74, 6) is -0.189. The molecular weight excluding hydrogens is 412 g/mol. The van der Waals surface area contributed by atoms with E-state index in [1.165, 1.54) is 11.3 Å². The number of thiazole rings is 1. The van der Waals surface area contributed by atoms with Crippen molar-refractivity contribution in [1.29, 1.82) is 0 Å². The third-order valence-corrected chi connectivity index (χ3v) is 5.78. The van der Waals surface area contributed by atoms with E-state index in [1.807, 2.05) is 35.7 Å². The van der Waals surface area contributed by atoms with Gasteiger partial charge in [0.15, 0.2) is 0 Å². The molecule has 1 saturated heterocycles. The van der Waals surface area contributed by atoms with Crippen molar-refractivity contribution in [3.63, 3.8) is 0 Å². The fraction of sp³-hybridized carbons (Fsp3) is 0.261. The molecule has 160 valence electrons. The van der Waals surface area contributed by atoms with Crippen LogP contribution in [0.25, 0.3) is 10.6 Å². The molecule has 7 nitrogen and oxygen atoms in total. The van der Waals surface area contributed by atoms with Gasteiger partial charge in [0.1, 0.15) is 5.01 Å². The molecule has 0 spiro atoms. The fourth-order valence-electron chi connectivity index (χ4n) is 3.27. The standard InChI is InChI=1S/C23H24N4O3S/c28-21(14-20-16-31-23(26-20)17-4-2-1-3-5-17)24-18-6-8-19(9-7-18)25-22(29)15-27-10-12-30-13-11-27/h1-9,16H,10-15H2,(H,24,28)(H,25,29). The highest BCUT2D eigenvalue weighted by atomic mass is 32.1. The molecule has 2 amide bonds. The minimum atomic E-state index is -0.131. The number of morpholine rings is 1. The van der Waals surface area contributed by atoms with E-state index in [0.717, 1.165) is 29.4 Å². The quantitative estimate of drug-likeness (QED) is 0.594. The highest BCUT2D eigenvalue weighted by Crippen LogP contribution is 2.23. The number of rotatable bonds is 7. The first-order chi connectivity index (χ1) is 15.2. The molecule has 3 aromatic rings. The number of ether oxygens (including phenoxy) is 1. The molecule has 31 heavy (non-hydrogen) atoms. The Morgan fingerprint density at radius 3 is 2.26 bits per heavy atom. The minimum absolute atomic E-state index is 0.0589. The number of aromatic nitrogens is 1. The molecule has 1 aliphatic heterocycles. The van der Waals surface area contributed by atoms with Crippen molar-refractivity contribution in [3.05, 3.63) is 65.7 Å². The zero-order valence-electron chi connectivity index (χ0n) is 17.0. The first-order valence-electron chi connectivity index (χ1n) is 10.2. The average molecular weight is 437 g/mol. The summed E-state index contributed by atoms with van der Waals surface area (Å²) in [6, 6.07) is 17.0. The van der Waals surface area contributed by atoms with Gasteiger partial charge >= 0.3 is 0 Å². The van der Waals surface area contributed by atoms with E-state index in [0.29, 0.717) is 31.1 Å². The Hall–Kier alpha value is -3.07. The molecule has 1 fully saturated rings. The predicted octanol–water partition coefficient (Wildman–Crippen LogP) is 3.26. The Morgan fingerprint density at radius 1 is 0.935 bits per heavy atom. The third kappa shape index (κ3) is 6.21. The smallest absolute Gasteiger partial charge is 0.238 e. The van der Waals surface area contributed by atoms with Crippen LogP contribution in [0.5, 0.6) is 0 Å². The molecular formula is C23H24N4O3S. The van der Waals surface area contributed by atoms with E-state index in [9.17, 15) is 9.59 Å². The van der Waals surface area contributed by atoms with Gasteiger partial charge < -0.3 is 15.4 Å². The maximum absolute atomic E-state index is 12.4. The van der Waals surface area contributed by atoms with Crippen molar-refractivity contribution < 1.29 is 14.3 Å². The van der Waals surface area contributed by atoms with Crippen LogP contribution in [0.15, 0.2) is 60.0 Å². The molecule has 2 N–H and O–H groups in total. The van der Waals surface area contributed by atoms with Gasteiger partial charge in [-0.3, -0.25) is 14.5 Å². The van der Waals surface area contributed by atoms with E-state index < -0.39 is 0 Å². The molecule has 1 aliphatic rings. The van der Waals surface area contributed by atoms with Crippen molar-refractivity contribution in [2.75, 3.05) is 43.5 Å². The summed E-state index contributed by atoms with van der Waals surface area (Å²) in [7, 11) is 0. The zero-order valence-corrected chi connectivity index (χ0v) is 17.9. The van der Waals surface area contributed by atoms with Gasteiger partial charge in [0.2, 0.25) is 11.8 Å². The number of hydrogen-bond donors (Lipinski definition) is 2. The number of carbonyl (C=O) groups is 2. The van der Waals surface area contributed by atoms with Crippen molar-refractivity contribution in [1.82, 2.24) is 9.88 Å². The number of nitrogens with zero attached hydrogens (tertiary/aromatic N) is 2. The lowest BCUT2D eigenvalue weighted by Crippen LogP contribution is -2.41. The summed E-state index contributed by atoms with van der Waals surface area (Å²) in [5.41, 5.74) is 3.16. The lowest BCUT2D eigenvalue weighted by molar-refractivity contribution is -0.118. The highest BCUT2D eigenvalue weighted by Gasteiger charge is 2.14. The fourth-order valence-corrected chi connectivity index (χ4v) is 4.10. The molecule has 0 unspecified atom stereocenters. The van der Waals surface area contributed by atoms with Crippen LogP contribution >= 0.6 is 11.3 Å². The van der Waals surface area contributed by atoms with Crippen molar-refractivity contribution in [2.24, 2.45) is 0 Å². The Labute approximate surface area is 185 Å². The third-order valence-electron chi connectivity index (χ3n) is 4.84. The van der Waals surface area contributed by atoms with Crippen LogP contribution in [0.4, 0.5) is 11.4 Å². The summed E-state index contributed by atoms with van der Waals surface area (Å²) in [6.45, 7) is 3.21. The molecule has 1 aromatic heterocycles. The van der Waals surface area contributed by atoms with Crippen LogP contribution in [0, 0.1) is 0 Å². The maximum Gasteiger partial charge on any atom is 0.238 e. The lowest BCUT2D eigenvalue weighted by Gasteiger charge is -2.25. The largest absolute Gasteiger partial charge is 0.379 e. The van der Waals surface area contributed by atoms with Crippen LogP contribution in [0.1, 0.15) is 5.69 Å². The highest BCUT2D eigenvalue weighted by molar-refractivity contribution is 7.13. The van der Waals surface area contributed by atoms with E-state index in [1.54, 1.807) is 24.3 Å². The number of carbonyl (C=O) groups excluding carboxylic acids is 2. The van der Waals surface area contributed by atoms with Gasteiger partial charge in [-0.2, -0.15) is 0 Å². The molecule has 0 radical (unpaired) electrons.